The van der Waals surface area contributed by atoms with Crippen LogP contribution in [0, 0.1) is 0 Å². The summed E-state index contributed by atoms with van der Waals surface area (Å²) < 4.78 is 11.1. The zero-order valence-electron chi connectivity index (χ0n) is 14.7. The highest BCUT2D eigenvalue weighted by Gasteiger charge is 2.13. The zero-order chi connectivity index (χ0) is 18.0. The fourth-order valence-electron chi connectivity index (χ4n) is 2.36. The van der Waals surface area contributed by atoms with Gasteiger partial charge in [0.2, 0.25) is 5.82 Å². The molecule has 3 aromatic rings. The van der Waals surface area contributed by atoms with E-state index in [0.29, 0.717) is 22.5 Å². The van der Waals surface area contributed by atoms with Crippen molar-refractivity contribution in [3.8, 4) is 28.6 Å². The van der Waals surface area contributed by atoms with Crippen LogP contribution in [0.15, 0.2) is 47.0 Å². The van der Waals surface area contributed by atoms with Crippen molar-refractivity contribution in [3.05, 3.63) is 47.5 Å². The van der Waals surface area contributed by atoms with Crippen LogP contribution in [0.2, 0.25) is 5.02 Å². The number of anilines is 1. The molecule has 0 unspecified atom stereocenters. The second-order valence-corrected chi connectivity index (χ2v) is 6.59. The topological polar surface area (TPSA) is 51.4 Å². The van der Waals surface area contributed by atoms with Gasteiger partial charge in [-0.1, -0.05) is 22.8 Å². The van der Waals surface area contributed by atoms with Gasteiger partial charge in [-0.15, -0.1) is 0 Å². The molecule has 0 aliphatic heterocycles. The van der Waals surface area contributed by atoms with Crippen LogP contribution in [-0.2, 0) is 0 Å². The molecule has 0 N–H and O–H groups in total. The second-order valence-electron chi connectivity index (χ2n) is 6.18. The number of hydrogen-bond acceptors (Lipinski definition) is 5. The normalized spacial score (nSPS) is 11.0. The summed E-state index contributed by atoms with van der Waals surface area (Å²) in [6.45, 7) is 3.91. The summed E-state index contributed by atoms with van der Waals surface area (Å²) in [4.78, 5) is 6.51. The minimum atomic E-state index is 0.0594. The van der Waals surface area contributed by atoms with Crippen LogP contribution in [0.1, 0.15) is 13.8 Å². The third-order valence-corrected chi connectivity index (χ3v) is 3.88. The SMILES string of the molecule is CC(C)Oc1ccc(-c2noc(-c3cccc(N(C)C)c3)n2)cc1Cl. The summed E-state index contributed by atoms with van der Waals surface area (Å²) in [5, 5.41) is 4.59. The van der Waals surface area contributed by atoms with Crippen LogP contribution in [0.5, 0.6) is 5.75 Å². The highest BCUT2D eigenvalue weighted by atomic mass is 35.5. The largest absolute Gasteiger partial charge is 0.489 e. The van der Waals surface area contributed by atoms with Crippen molar-refractivity contribution in [2.24, 2.45) is 0 Å². The van der Waals surface area contributed by atoms with Gasteiger partial charge in [0.15, 0.2) is 0 Å². The van der Waals surface area contributed by atoms with Crippen LogP contribution in [0.4, 0.5) is 5.69 Å². The maximum absolute atomic E-state index is 6.29. The fraction of sp³-hybridized carbons (Fsp3) is 0.263. The van der Waals surface area contributed by atoms with E-state index in [-0.39, 0.29) is 6.10 Å². The van der Waals surface area contributed by atoms with Crippen molar-refractivity contribution in [1.82, 2.24) is 10.1 Å². The smallest absolute Gasteiger partial charge is 0.258 e. The van der Waals surface area contributed by atoms with Gasteiger partial charge in [-0.25, -0.2) is 0 Å². The van der Waals surface area contributed by atoms with E-state index in [0.717, 1.165) is 16.8 Å². The molecule has 0 amide bonds. The first-order valence-electron chi connectivity index (χ1n) is 8.02. The van der Waals surface area contributed by atoms with E-state index < -0.39 is 0 Å². The number of halogens is 1. The molecule has 0 saturated heterocycles. The van der Waals surface area contributed by atoms with Gasteiger partial charge in [0.05, 0.1) is 11.1 Å². The molecule has 5 nitrogen and oxygen atoms in total. The predicted octanol–water partition coefficient (Wildman–Crippen LogP) is 4.91. The van der Waals surface area contributed by atoms with Gasteiger partial charge in [0.25, 0.3) is 5.89 Å². The first kappa shape index (κ1) is 17.3. The summed E-state index contributed by atoms with van der Waals surface area (Å²) in [7, 11) is 3.97. The van der Waals surface area contributed by atoms with Crippen LogP contribution in [-0.4, -0.2) is 30.3 Å². The Balaban J connectivity index is 1.89. The predicted molar refractivity (Wildman–Crippen MR) is 100 cm³/mol. The average molecular weight is 358 g/mol. The molecule has 6 heteroatoms. The molecule has 1 aromatic heterocycles. The first-order valence-corrected chi connectivity index (χ1v) is 8.40. The minimum absolute atomic E-state index is 0.0594. The number of rotatable bonds is 5. The number of nitrogens with zero attached hydrogens (tertiary/aromatic N) is 3. The third-order valence-electron chi connectivity index (χ3n) is 3.59. The first-order chi connectivity index (χ1) is 11.9. The van der Waals surface area contributed by atoms with E-state index in [9.17, 15) is 0 Å². The molecule has 0 fully saturated rings. The summed E-state index contributed by atoms with van der Waals surface area (Å²) in [6, 6.07) is 13.4. The molecule has 0 aliphatic carbocycles. The van der Waals surface area contributed by atoms with E-state index >= 15 is 0 Å². The molecule has 25 heavy (non-hydrogen) atoms. The van der Waals surface area contributed by atoms with Crippen molar-refractivity contribution in [2.45, 2.75) is 20.0 Å². The van der Waals surface area contributed by atoms with Gasteiger partial charge < -0.3 is 14.2 Å². The highest BCUT2D eigenvalue weighted by molar-refractivity contribution is 6.32. The lowest BCUT2D eigenvalue weighted by Crippen LogP contribution is -2.08. The van der Waals surface area contributed by atoms with Gasteiger partial charge in [-0.2, -0.15) is 4.98 Å². The van der Waals surface area contributed by atoms with Crippen LogP contribution >= 0.6 is 11.6 Å². The molecular weight excluding hydrogens is 338 g/mol. The Bertz CT molecular complexity index is 875. The van der Waals surface area contributed by atoms with Crippen molar-refractivity contribution >= 4 is 17.3 Å². The zero-order valence-corrected chi connectivity index (χ0v) is 15.4. The Kier molecular flexibility index (Phi) is 4.95. The monoisotopic (exact) mass is 357 g/mol. The molecule has 0 atom stereocenters. The van der Waals surface area contributed by atoms with Crippen molar-refractivity contribution in [1.29, 1.82) is 0 Å². The van der Waals surface area contributed by atoms with Gasteiger partial charge >= 0.3 is 0 Å². The maximum atomic E-state index is 6.29. The van der Waals surface area contributed by atoms with Crippen LogP contribution < -0.4 is 9.64 Å². The van der Waals surface area contributed by atoms with E-state index in [1.165, 1.54) is 0 Å². The Morgan fingerprint density at radius 3 is 2.56 bits per heavy atom. The van der Waals surface area contributed by atoms with E-state index in [1.807, 2.05) is 69.2 Å². The molecule has 0 bridgehead atoms. The minimum Gasteiger partial charge on any atom is -0.489 e. The van der Waals surface area contributed by atoms with Gasteiger partial charge in [-0.05, 0) is 50.2 Å². The Morgan fingerprint density at radius 1 is 1.08 bits per heavy atom. The standard InChI is InChI=1S/C19H20ClN3O2/c1-12(2)24-17-9-8-13(11-16(17)20)18-21-19(25-22-18)14-6-5-7-15(10-14)23(3)4/h5-12H,1-4H3. The molecule has 1 heterocycles. The lowest BCUT2D eigenvalue weighted by atomic mass is 10.2. The number of ether oxygens (including phenoxy) is 1. The number of benzene rings is 2. The van der Waals surface area contributed by atoms with E-state index in [1.54, 1.807) is 6.07 Å². The molecule has 0 saturated carbocycles. The Labute approximate surface area is 152 Å². The molecule has 2 aromatic carbocycles. The Morgan fingerprint density at radius 2 is 1.88 bits per heavy atom. The molecule has 130 valence electrons. The second kappa shape index (κ2) is 7.15. The lowest BCUT2D eigenvalue weighted by Gasteiger charge is -2.12. The van der Waals surface area contributed by atoms with Gasteiger partial charge in [0, 0.05) is 30.9 Å². The third kappa shape index (κ3) is 3.94. The van der Waals surface area contributed by atoms with Gasteiger partial charge in [0.1, 0.15) is 5.75 Å². The summed E-state index contributed by atoms with van der Waals surface area (Å²) in [5.74, 6) is 1.60. The molecule has 0 aliphatic rings. The van der Waals surface area contributed by atoms with Crippen molar-refractivity contribution in [2.75, 3.05) is 19.0 Å². The fourth-order valence-corrected chi connectivity index (χ4v) is 2.59. The number of hydrogen-bond donors (Lipinski definition) is 0. The number of aromatic nitrogens is 2. The summed E-state index contributed by atoms with van der Waals surface area (Å²) >= 11 is 6.29. The molecule has 3 rings (SSSR count). The molecule has 0 radical (unpaired) electrons. The van der Waals surface area contributed by atoms with E-state index in [4.69, 9.17) is 20.9 Å². The lowest BCUT2D eigenvalue weighted by molar-refractivity contribution is 0.242. The van der Waals surface area contributed by atoms with E-state index in [2.05, 4.69) is 10.1 Å². The van der Waals surface area contributed by atoms with Crippen molar-refractivity contribution in [3.63, 3.8) is 0 Å². The van der Waals surface area contributed by atoms with Crippen molar-refractivity contribution < 1.29 is 9.26 Å². The van der Waals surface area contributed by atoms with Crippen LogP contribution in [0.3, 0.4) is 0 Å². The molecular formula is C19H20ClN3O2. The highest BCUT2D eigenvalue weighted by Crippen LogP contribution is 2.31. The summed E-state index contributed by atoms with van der Waals surface area (Å²) in [5.41, 5.74) is 2.71. The average Bonchev–Trinajstić information content (AvgIpc) is 3.06. The molecule has 0 spiro atoms. The maximum Gasteiger partial charge on any atom is 0.258 e. The summed E-state index contributed by atoms with van der Waals surface area (Å²) in [6.07, 6.45) is 0.0594. The quantitative estimate of drug-likeness (QED) is 0.649. The Hall–Kier alpha value is -2.53. The van der Waals surface area contributed by atoms with Crippen LogP contribution in [0.25, 0.3) is 22.8 Å². The van der Waals surface area contributed by atoms with Gasteiger partial charge in [-0.3, -0.25) is 0 Å².